The Balaban J connectivity index is 2.63. The molecule has 72 valence electrons. The molecule has 1 rings (SSSR count). The maximum atomic E-state index is 5.40. The SMILES string of the molecule is COC1CC/C=C/C=NC=CC1C. The van der Waals surface area contributed by atoms with Crippen LogP contribution in [0.15, 0.2) is 29.4 Å². The molecule has 0 saturated carbocycles. The summed E-state index contributed by atoms with van der Waals surface area (Å²) >= 11 is 0. The highest BCUT2D eigenvalue weighted by Crippen LogP contribution is 2.15. The van der Waals surface area contributed by atoms with Gasteiger partial charge in [-0.15, -0.1) is 0 Å². The van der Waals surface area contributed by atoms with Gasteiger partial charge < -0.3 is 4.74 Å². The van der Waals surface area contributed by atoms with Crippen LogP contribution >= 0.6 is 0 Å². The quantitative estimate of drug-likeness (QED) is 0.606. The summed E-state index contributed by atoms with van der Waals surface area (Å²) in [5.41, 5.74) is 0. The minimum Gasteiger partial charge on any atom is -0.381 e. The Morgan fingerprint density at radius 2 is 2.31 bits per heavy atom. The third-order valence-corrected chi connectivity index (χ3v) is 2.29. The van der Waals surface area contributed by atoms with Crippen LogP contribution in [0, 0.1) is 5.92 Å². The first-order chi connectivity index (χ1) is 6.34. The summed E-state index contributed by atoms with van der Waals surface area (Å²) in [6.07, 6.45) is 12.3. The number of aliphatic imine (C=N–C) groups is 1. The van der Waals surface area contributed by atoms with Gasteiger partial charge in [0.2, 0.25) is 0 Å². The van der Waals surface area contributed by atoms with Crippen molar-refractivity contribution < 1.29 is 4.74 Å². The molecule has 0 aromatic carbocycles. The van der Waals surface area contributed by atoms with Gasteiger partial charge in [0.25, 0.3) is 0 Å². The minimum absolute atomic E-state index is 0.314. The molecule has 0 spiro atoms. The Labute approximate surface area is 80.0 Å². The minimum atomic E-state index is 0.314. The zero-order chi connectivity index (χ0) is 9.52. The number of rotatable bonds is 1. The normalized spacial score (nSPS) is 31.5. The Bertz CT molecular complexity index is 218. The van der Waals surface area contributed by atoms with Crippen LogP contribution in [0.4, 0.5) is 0 Å². The van der Waals surface area contributed by atoms with Gasteiger partial charge in [-0.2, -0.15) is 0 Å². The number of ether oxygens (including phenoxy) is 1. The molecule has 2 nitrogen and oxygen atoms in total. The number of hydrogen-bond donors (Lipinski definition) is 0. The second-order valence-electron chi connectivity index (χ2n) is 3.28. The molecular formula is C11H17NO. The average molecular weight is 179 g/mol. The second-order valence-corrected chi connectivity index (χ2v) is 3.28. The molecule has 0 saturated heterocycles. The molecule has 2 atom stereocenters. The highest BCUT2D eigenvalue weighted by atomic mass is 16.5. The van der Waals surface area contributed by atoms with Gasteiger partial charge in [0.1, 0.15) is 0 Å². The summed E-state index contributed by atoms with van der Waals surface area (Å²) < 4.78 is 5.40. The van der Waals surface area contributed by atoms with Gasteiger partial charge in [0, 0.05) is 25.4 Å². The van der Waals surface area contributed by atoms with Gasteiger partial charge in [0.05, 0.1) is 6.10 Å². The molecule has 0 aromatic heterocycles. The fourth-order valence-electron chi connectivity index (χ4n) is 1.42. The summed E-state index contributed by atoms with van der Waals surface area (Å²) in [5, 5.41) is 0. The highest BCUT2D eigenvalue weighted by molar-refractivity contribution is 5.71. The molecule has 0 fully saturated rings. The maximum absolute atomic E-state index is 5.40. The third kappa shape index (κ3) is 3.55. The Morgan fingerprint density at radius 1 is 1.46 bits per heavy atom. The van der Waals surface area contributed by atoms with Crippen molar-refractivity contribution in [1.29, 1.82) is 0 Å². The van der Waals surface area contributed by atoms with Crippen LogP contribution in [-0.2, 0) is 4.74 Å². The standard InChI is InChI=1S/C11H17NO/c1-10-7-9-12-8-5-3-4-6-11(10)13-2/h3,5,7-11H,4,6H2,1-2H3/b5-3+,9-7?,12-8?. The van der Waals surface area contributed by atoms with Crippen molar-refractivity contribution in [1.82, 2.24) is 0 Å². The third-order valence-electron chi connectivity index (χ3n) is 2.29. The van der Waals surface area contributed by atoms with Crippen LogP contribution in [0.25, 0.3) is 0 Å². The zero-order valence-corrected chi connectivity index (χ0v) is 8.31. The van der Waals surface area contributed by atoms with E-state index >= 15 is 0 Å². The molecule has 1 aliphatic rings. The largest absolute Gasteiger partial charge is 0.381 e. The van der Waals surface area contributed by atoms with Crippen molar-refractivity contribution in [3.8, 4) is 0 Å². The van der Waals surface area contributed by atoms with Crippen LogP contribution in [0.3, 0.4) is 0 Å². The molecule has 0 aliphatic carbocycles. The lowest BCUT2D eigenvalue weighted by Gasteiger charge is -2.19. The van der Waals surface area contributed by atoms with Crippen LogP contribution in [-0.4, -0.2) is 19.4 Å². The van der Waals surface area contributed by atoms with E-state index in [4.69, 9.17) is 4.74 Å². The van der Waals surface area contributed by atoms with E-state index in [1.807, 2.05) is 18.5 Å². The van der Waals surface area contributed by atoms with Gasteiger partial charge in [-0.1, -0.05) is 19.1 Å². The molecule has 2 unspecified atom stereocenters. The summed E-state index contributed by atoms with van der Waals surface area (Å²) in [5.74, 6) is 0.439. The summed E-state index contributed by atoms with van der Waals surface area (Å²) in [4.78, 5) is 4.10. The molecule has 0 aromatic rings. The van der Waals surface area contributed by atoms with Crippen molar-refractivity contribution >= 4 is 6.21 Å². The van der Waals surface area contributed by atoms with Crippen molar-refractivity contribution in [3.63, 3.8) is 0 Å². The van der Waals surface area contributed by atoms with Gasteiger partial charge in [-0.3, -0.25) is 4.99 Å². The predicted octanol–water partition coefficient (Wildman–Crippen LogP) is 2.57. The molecule has 0 bridgehead atoms. The number of allylic oxidation sites excluding steroid dienone is 2. The highest BCUT2D eigenvalue weighted by Gasteiger charge is 2.12. The van der Waals surface area contributed by atoms with Crippen molar-refractivity contribution in [2.75, 3.05) is 7.11 Å². The molecule has 0 radical (unpaired) electrons. The first-order valence-corrected chi connectivity index (χ1v) is 4.72. The van der Waals surface area contributed by atoms with Crippen LogP contribution in [0.1, 0.15) is 19.8 Å². The van der Waals surface area contributed by atoms with Gasteiger partial charge in [0.15, 0.2) is 0 Å². The van der Waals surface area contributed by atoms with E-state index in [0.717, 1.165) is 12.8 Å². The summed E-state index contributed by atoms with van der Waals surface area (Å²) in [6.45, 7) is 2.16. The predicted molar refractivity (Wildman–Crippen MR) is 56.0 cm³/mol. The van der Waals surface area contributed by atoms with E-state index in [1.54, 1.807) is 7.11 Å². The lowest BCUT2D eigenvalue weighted by Crippen LogP contribution is -2.18. The van der Waals surface area contributed by atoms with Crippen molar-refractivity contribution in [3.05, 3.63) is 24.4 Å². The second kappa shape index (κ2) is 5.70. The lowest BCUT2D eigenvalue weighted by molar-refractivity contribution is 0.0680. The Morgan fingerprint density at radius 3 is 3.08 bits per heavy atom. The molecule has 2 heteroatoms. The fraction of sp³-hybridized carbons (Fsp3) is 0.545. The molecule has 0 amide bonds. The van der Waals surface area contributed by atoms with Crippen molar-refractivity contribution in [2.24, 2.45) is 10.9 Å². The summed E-state index contributed by atoms with van der Waals surface area (Å²) in [7, 11) is 1.77. The van der Waals surface area contributed by atoms with E-state index in [2.05, 4.69) is 24.1 Å². The first-order valence-electron chi connectivity index (χ1n) is 4.72. The number of hydrogen-bond acceptors (Lipinski definition) is 2. The van der Waals surface area contributed by atoms with Gasteiger partial charge >= 0.3 is 0 Å². The van der Waals surface area contributed by atoms with Gasteiger partial charge in [-0.05, 0) is 18.9 Å². The number of methoxy groups -OCH3 is 1. The van der Waals surface area contributed by atoms with Crippen LogP contribution < -0.4 is 0 Å². The fourth-order valence-corrected chi connectivity index (χ4v) is 1.42. The molecule has 1 heterocycles. The smallest absolute Gasteiger partial charge is 0.0634 e. The maximum Gasteiger partial charge on any atom is 0.0634 e. The topological polar surface area (TPSA) is 21.6 Å². The summed E-state index contributed by atoms with van der Waals surface area (Å²) in [6, 6.07) is 0. The lowest BCUT2D eigenvalue weighted by atomic mass is 10.00. The van der Waals surface area contributed by atoms with Gasteiger partial charge in [-0.25, -0.2) is 0 Å². The van der Waals surface area contributed by atoms with E-state index in [1.165, 1.54) is 0 Å². The van der Waals surface area contributed by atoms with E-state index in [-0.39, 0.29) is 0 Å². The zero-order valence-electron chi connectivity index (χ0n) is 8.31. The van der Waals surface area contributed by atoms with Crippen molar-refractivity contribution in [2.45, 2.75) is 25.9 Å². The van der Waals surface area contributed by atoms with Crippen LogP contribution in [0.2, 0.25) is 0 Å². The monoisotopic (exact) mass is 179 g/mol. The van der Waals surface area contributed by atoms with Crippen LogP contribution in [0.5, 0.6) is 0 Å². The van der Waals surface area contributed by atoms with E-state index < -0.39 is 0 Å². The Hall–Kier alpha value is -0.890. The molecular weight excluding hydrogens is 162 g/mol. The first kappa shape index (κ1) is 10.2. The molecule has 1 aliphatic heterocycles. The molecule has 13 heavy (non-hydrogen) atoms. The van der Waals surface area contributed by atoms with E-state index in [9.17, 15) is 0 Å². The molecule has 0 N–H and O–H groups in total. The average Bonchev–Trinajstić information content (AvgIpc) is 2.16. The number of nitrogens with zero attached hydrogens (tertiary/aromatic N) is 1. The van der Waals surface area contributed by atoms with E-state index in [0.29, 0.717) is 12.0 Å². The Kier molecular flexibility index (Phi) is 4.47.